The van der Waals surface area contributed by atoms with Crippen molar-refractivity contribution in [2.45, 2.75) is 45.1 Å². The van der Waals surface area contributed by atoms with Crippen molar-refractivity contribution in [2.24, 2.45) is 0 Å². The zero-order valence-electron chi connectivity index (χ0n) is 14.5. The van der Waals surface area contributed by atoms with Gasteiger partial charge in [0.15, 0.2) is 0 Å². The number of piperidine rings is 1. The fraction of sp³-hybridized carbons (Fsp3) is 0.476. The molecule has 3 nitrogen and oxygen atoms in total. The molecule has 0 aliphatic carbocycles. The van der Waals surface area contributed by atoms with Crippen LogP contribution in [-0.2, 0) is 0 Å². The van der Waals surface area contributed by atoms with Crippen LogP contribution in [0.25, 0.3) is 10.8 Å². The van der Waals surface area contributed by atoms with E-state index in [2.05, 4.69) is 42.2 Å². The Kier molecular flexibility index (Phi) is 4.17. The predicted octanol–water partition coefficient (Wildman–Crippen LogP) is 4.45. The normalized spacial score (nSPS) is 21.5. The van der Waals surface area contributed by atoms with Gasteiger partial charge in [0.1, 0.15) is 0 Å². The Morgan fingerprint density at radius 1 is 0.958 bits per heavy atom. The van der Waals surface area contributed by atoms with Crippen molar-refractivity contribution in [3.8, 4) is 0 Å². The fourth-order valence-electron chi connectivity index (χ4n) is 4.26. The van der Waals surface area contributed by atoms with Crippen LogP contribution in [-0.4, -0.2) is 36.5 Å². The molecule has 0 bridgehead atoms. The van der Waals surface area contributed by atoms with Crippen molar-refractivity contribution < 1.29 is 4.79 Å². The molecule has 2 heterocycles. The lowest BCUT2D eigenvalue weighted by Gasteiger charge is -2.37. The lowest BCUT2D eigenvalue weighted by molar-refractivity contribution is 0.0795. The van der Waals surface area contributed by atoms with Crippen LogP contribution in [0, 0.1) is 0 Å². The Hall–Kier alpha value is -2.03. The summed E-state index contributed by atoms with van der Waals surface area (Å²) in [4.78, 5) is 17.8. The van der Waals surface area contributed by atoms with E-state index in [1.54, 1.807) is 0 Å². The van der Waals surface area contributed by atoms with Crippen molar-refractivity contribution in [3.05, 3.63) is 42.0 Å². The van der Waals surface area contributed by atoms with Crippen LogP contribution >= 0.6 is 0 Å². The van der Waals surface area contributed by atoms with Crippen LogP contribution < -0.4 is 4.90 Å². The summed E-state index contributed by atoms with van der Waals surface area (Å²) in [6, 6.07) is 13.2. The molecule has 1 atom stereocenters. The van der Waals surface area contributed by atoms with Gasteiger partial charge in [-0.05, 0) is 55.9 Å². The molecular weight excluding hydrogens is 296 g/mol. The third-order valence-electron chi connectivity index (χ3n) is 5.63. The van der Waals surface area contributed by atoms with E-state index in [1.807, 2.05) is 11.0 Å². The number of likely N-dealkylation sites (tertiary alicyclic amines) is 1. The van der Waals surface area contributed by atoms with E-state index in [0.717, 1.165) is 54.5 Å². The molecule has 2 fully saturated rings. The van der Waals surface area contributed by atoms with Gasteiger partial charge >= 0.3 is 0 Å². The summed E-state index contributed by atoms with van der Waals surface area (Å²) in [5, 5.41) is 2.26. The number of carbonyl (C=O) groups is 1. The summed E-state index contributed by atoms with van der Waals surface area (Å²) >= 11 is 0. The van der Waals surface area contributed by atoms with Gasteiger partial charge in [0, 0.05) is 25.7 Å². The van der Waals surface area contributed by atoms with Crippen LogP contribution in [0.2, 0.25) is 0 Å². The zero-order valence-corrected chi connectivity index (χ0v) is 14.5. The van der Waals surface area contributed by atoms with Gasteiger partial charge in [0.25, 0.3) is 5.91 Å². The first-order chi connectivity index (χ1) is 11.8. The highest BCUT2D eigenvalue weighted by Crippen LogP contribution is 2.34. The van der Waals surface area contributed by atoms with Gasteiger partial charge in [0.05, 0.1) is 11.3 Å². The Balaban J connectivity index is 1.86. The second kappa shape index (κ2) is 6.46. The molecule has 3 heteroatoms. The van der Waals surface area contributed by atoms with Gasteiger partial charge in [-0.15, -0.1) is 0 Å². The summed E-state index contributed by atoms with van der Waals surface area (Å²) in [5.41, 5.74) is 2.06. The molecule has 2 aromatic rings. The summed E-state index contributed by atoms with van der Waals surface area (Å²) < 4.78 is 0. The Labute approximate surface area is 144 Å². The molecule has 0 unspecified atom stereocenters. The largest absolute Gasteiger partial charge is 0.368 e. The number of amides is 1. The first kappa shape index (κ1) is 15.5. The topological polar surface area (TPSA) is 23.6 Å². The lowest BCUT2D eigenvalue weighted by atomic mass is 9.97. The second-order valence-electron chi connectivity index (χ2n) is 7.22. The molecular formula is C21H26N2O. The molecule has 0 saturated carbocycles. The van der Waals surface area contributed by atoms with Crippen molar-refractivity contribution in [1.82, 2.24) is 4.90 Å². The molecule has 0 aromatic heterocycles. The molecule has 0 N–H and O–H groups in total. The molecule has 1 amide bonds. The summed E-state index contributed by atoms with van der Waals surface area (Å²) in [6.45, 7) is 5.15. The summed E-state index contributed by atoms with van der Waals surface area (Å²) in [5.74, 6) is 0.220. The molecule has 0 radical (unpaired) electrons. The monoisotopic (exact) mass is 322 g/mol. The van der Waals surface area contributed by atoms with Crippen molar-refractivity contribution in [1.29, 1.82) is 0 Å². The average molecular weight is 322 g/mol. The highest BCUT2D eigenvalue weighted by Gasteiger charge is 2.28. The van der Waals surface area contributed by atoms with Crippen LogP contribution in [0.3, 0.4) is 0 Å². The van der Waals surface area contributed by atoms with Crippen molar-refractivity contribution in [2.75, 3.05) is 24.5 Å². The number of hydrogen-bond acceptors (Lipinski definition) is 2. The highest BCUT2D eigenvalue weighted by molar-refractivity contribution is 6.12. The van der Waals surface area contributed by atoms with Crippen molar-refractivity contribution >= 4 is 22.4 Å². The SMILES string of the molecule is C[C@H]1CCCCN1c1ccc2ccccc2c1C(=O)N1CCCC1. The number of nitrogens with zero attached hydrogens (tertiary/aromatic N) is 2. The maximum Gasteiger partial charge on any atom is 0.256 e. The van der Waals surface area contributed by atoms with Crippen LogP contribution in [0.5, 0.6) is 0 Å². The smallest absolute Gasteiger partial charge is 0.256 e. The Bertz CT molecular complexity index is 749. The second-order valence-corrected chi connectivity index (χ2v) is 7.22. The third kappa shape index (κ3) is 2.66. The van der Waals surface area contributed by atoms with Crippen LogP contribution in [0.1, 0.15) is 49.4 Å². The standard InChI is InChI=1S/C21H26N2O/c1-16-8-4-5-15-23(16)19-12-11-17-9-2-3-10-18(17)20(19)21(24)22-13-6-7-14-22/h2-3,9-12,16H,4-8,13-15H2,1H3/t16-/m0/s1. The maximum absolute atomic E-state index is 13.3. The molecule has 2 aromatic carbocycles. The molecule has 2 saturated heterocycles. The molecule has 0 spiro atoms. The average Bonchev–Trinajstić information content (AvgIpc) is 3.15. The molecule has 4 rings (SSSR count). The molecule has 126 valence electrons. The van der Waals surface area contributed by atoms with E-state index in [0.29, 0.717) is 6.04 Å². The molecule has 2 aliphatic heterocycles. The number of hydrogen-bond donors (Lipinski definition) is 0. The first-order valence-corrected chi connectivity index (χ1v) is 9.33. The number of carbonyl (C=O) groups excluding carboxylic acids is 1. The van der Waals surface area contributed by atoms with Crippen LogP contribution in [0.4, 0.5) is 5.69 Å². The minimum Gasteiger partial charge on any atom is -0.368 e. The van der Waals surface area contributed by atoms with Gasteiger partial charge in [-0.2, -0.15) is 0 Å². The van der Waals surface area contributed by atoms with E-state index in [1.165, 1.54) is 19.3 Å². The Morgan fingerprint density at radius 3 is 2.50 bits per heavy atom. The summed E-state index contributed by atoms with van der Waals surface area (Å²) in [6.07, 6.45) is 5.98. The van der Waals surface area contributed by atoms with E-state index < -0.39 is 0 Å². The number of benzene rings is 2. The van der Waals surface area contributed by atoms with E-state index >= 15 is 0 Å². The van der Waals surface area contributed by atoms with Gasteiger partial charge in [-0.25, -0.2) is 0 Å². The van der Waals surface area contributed by atoms with E-state index in [9.17, 15) is 4.79 Å². The van der Waals surface area contributed by atoms with E-state index in [4.69, 9.17) is 0 Å². The lowest BCUT2D eigenvalue weighted by Crippen LogP contribution is -2.39. The third-order valence-corrected chi connectivity index (χ3v) is 5.63. The summed E-state index contributed by atoms with van der Waals surface area (Å²) in [7, 11) is 0. The van der Waals surface area contributed by atoms with Gasteiger partial charge in [-0.3, -0.25) is 4.79 Å². The Morgan fingerprint density at radius 2 is 1.71 bits per heavy atom. The number of rotatable bonds is 2. The molecule has 2 aliphatic rings. The highest BCUT2D eigenvalue weighted by atomic mass is 16.2. The fourth-order valence-corrected chi connectivity index (χ4v) is 4.26. The zero-order chi connectivity index (χ0) is 16.5. The van der Waals surface area contributed by atoms with Crippen molar-refractivity contribution in [3.63, 3.8) is 0 Å². The first-order valence-electron chi connectivity index (χ1n) is 9.33. The van der Waals surface area contributed by atoms with Gasteiger partial charge in [-0.1, -0.05) is 30.3 Å². The van der Waals surface area contributed by atoms with Gasteiger partial charge in [0.2, 0.25) is 0 Å². The van der Waals surface area contributed by atoms with E-state index in [-0.39, 0.29) is 5.91 Å². The predicted molar refractivity (Wildman–Crippen MR) is 99.7 cm³/mol. The quantitative estimate of drug-likeness (QED) is 0.815. The maximum atomic E-state index is 13.3. The number of fused-ring (bicyclic) bond motifs is 1. The molecule has 24 heavy (non-hydrogen) atoms. The number of anilines is 1. The van der Waals surface area contributed by atoms with Gasteiger partial charge < -0.3 is 9.80 Å². The minimum absolute atomic E-state index is 0.220. The minimum atomic E-state index is 0.220. The van der Waals surface area contributed by atoms with Crippen LogP contribution in [0.15, 0.2) is 36.4 Å².